The van der Waals surface area contributed by atoms with Gasteiger partial charge in [0.15, 0.2) is 0 Å². The van der Waals surface area contributed by atoms with Crippen LogP contribution in [0.4, 0.5) is 0 Å². The molecule has 3 nitrogen and oxygen atoms in total. The van der Waals surface area contributed by atoms with E-state index in [9.17, 15) is 4.79 Å². The second-order valence-corrected chi connectivity index (χ2v) is 3.83. The second kappa shape index (κ2) is 6.28. The molecule has 0 aliphatic carbocycles. The van der Waals surface area contributed by atoms with Crippen molar-refractivity contribution in [3.05, 3.63) is 29.8 Å². The minimum Gasteiger partial charge on any atom is -0.497 e. The minimum atomic E-state index is -0.307. The molecule has 16 heavy (non-hydrogen) atoms. The SMILES string of the molecule is CCC(N)C(=O)CCc1ccc(OC)cc1. The van der Waals surface area contributed by atoms with E-state index < -0.39 is 0 Å². The fraction of sp³-hybridized carbons (Fsp3) is 0.462. The third-order valence-electron chi connectivity index (χ3n) is 2.67. The van der Waals surface area contributed by atoms with Gasteiger partial charge in [0.1, 0.15) is 11.5 Å². The van der Waals surface area contributed by atoms with Crippen LogP contribution in [-0.4, -0.2) is 18.9 Å². The van der Waals surface area contributed by atoms with Crippen molar-refractivity contribution in [3.63, 3.8) is 0 Å². The molecule has 0 fully saturated rings. The normalized spacial score (nSPS) is 12.2. The van der Waals surface area contributed by atoms with E-state index in [1.54, 1.807) is 7.11 Å². The van der Waals surface area contributed by atoms with Crippen molar-refractivity contribution in [3.8, 4) is 5.75 Å². The molecule has 0 spiro atoms. The maximum Gasteiger partial charge on any atom is 0.149 e. The molecule has 1 atom stereocenters. The van der Waals surface area contributed by atoms with Gasteiger partial charge in [-0.3, -0.25) is 4.79 Å². The highest BCUT2D eigenvalue weighted by Crippen LogP contribution is 2.13. The lowest BCUT2D eigenvalue weighted by Gasteiger charge is -2.07. The van der Waals surface area contributed by atoms with E-state index in [0.29, 0.717) is 12.8 Å². The Morgan fingerprint density at radius 3 is 2.50 bits per heavy atom. The molecule has 0 bridgehead atoms. The third kappa shape index (κ3) is 3.66. The van der Waals surface area contributed by atoms with Gasteiger partial charge in [0.25, 0.3) is 0 Å². The van der Waals surface area contributed by atoms with Crippen molar-refractivity contribution in [2.45, 2.75) is 32.2 Å². The van der Waals surface area contributed by atoms with Gasteiger partial charge >= 0.3 is 0 Å². The number of Topliss-reactive ketones (excluding diaryl/α,β-unsaturated/α-hetero) is 1. The average molecular weight is 221 g/mol. The first-order chi connectivity index (χ1) is 7.67. The molecule has 0 saturated carbocycles. The van der Waals surface area contributed by atoms with Crippen LogP contribution in [0.3, 0.4) is 0 Å². The molecule has 1 unspecified atom stereocenters. The van der Waals surface area contributed by atoms with Gasteiger partial charge in [-0.15, -0.1) is 0 Å². The summed E-state index contributed by atoms with van der Waals surface area (Å²) in [6.07, 6.45) is 1.97. The highest BCUT2D eigenvalue weighted by Gasteiger charge is 2.10. The van der Waals surface area contributed by atoms with Crippen molar-refractivity contribution in [1.82, 2.24) is 0 Å². The molecule has 1 aromatic carbocycles. The fourth-order valence-electron chi connectivity index (χ4n) is 1.47. The highest BCUT2D eigenvalue weighted by atomic mass is 16.5. The van der Waals surface area contributed by atoms with Gasteiger partial charge in [0.05, 0.1) is 13.2 Å². The summed E-state index contributed by atoms with van der Waals surface area (Å²) in [6.45, 7) is 1.93. The molecule has 0 saturated heterocycles. The summed E-state index contributed by atoms with van der Waals surface area (Å²) in [6, 6.07) is 7.45. The topological polar surface area (TPSA) is 52.3 Å². The van der Waals surface area contributed by atoms with Gasteiger partial charge in [0.2, 0.25) is 0 Å². The Hall–Kier alpha value is -1.35. The van der Waals surface area contributed by atoms with Crippen molar-refractivity contribution in [2.24, 2.45) is 5.73 Å². The Bertz CT molecular complexity index is 332. The quantitative estimate of drug-likeness (QED) is 0.798. The molecule has 0 aromatic heterocycles. The number of nitrogens with two attached hydrogens (primary N) is 1. The van der Waals surface area contributed by atoms with Crippen molar-refractivity contribution in [1.29, 1.82) is 0 Å². The Morgan fingerprint density at radius 2 is 2.00 bits per heavy atom. The Morgan fingerprint density at radius 1 is 1.38 bits per heavy atom. The van der Waals surface area contributed by atoms with Crippen LogP contribution in [0.2, 0.25) is 0 Å². The summed E-state index contributed by atoms with van der Waals surface area (Å²) >= 11 is 0. The molecular formula is C13H19NO2. The minimum absolute atomic E-state index is 0.137. The van der Waals surface area contributed by atoms with Gasteiger partial charge in [0, 0.05) is 6.42 Å². The number of aryl methyl sites for hydroxylation is 1. The van der Waals surface area contributed by atoms with Crippen LogP contribution in [0, 0.1) is 0 Å². The zero-order chi connectivity index (χ0) is 12.0. The maximum atomic E-state index is 11.5. The Labute approximate surface area is 96.6 Å². The lowest BCUT2D eigenvalue weighted by Crippen LogP contribution is -2.29. The van der Waals surface area contributed by atoms with Crippen molar-refractivity contribution in [2.75, 3.05) is 7.11 Å². The number of hydrogen-bond donors (Lipinski definition) is 1. The van der Waals surface area contributed by atoms with Crippen LogP contribution in [0.15, 0.2) is 24.3 Å². The van der Waals surface area contributed by atoms with E-state index >= 15 is 0 Å². The van der Waals surface area contributed by atoms with E-state index in [4.69, 9.17) is 10.5 Å². The second-order valence-electron chi connectivity index (χ2n) is 3.83. The molecule has 0 radical (unpaired) electrons. The summed E-state index contributed by atoms with van der Waals surface area (Å²) in [5.74, 6) is 0.971. The predicted molar refractivity (Wildman–Crippen MR) is 64.6 cm³/mol. The van der Waals surface area contributed by atoms with Gasteiger partial charge in [-0.05, 0) is 30.5 Å². The zero-order valence-corrected chi connectivity index (χ0v) is 9.90. The number of benzene rings is 1. The van der Waals surface area contributed by atoms with Gasteiger partial charge in [-0.1, -0.05) is 19.1 Å². The van der Waals surface area contributed by atoms with E-state index in [1.165, 1.54) is 0 Å². The van der Waals surface area contributed by atoms with Crippen LogP contribution >= 0.6 is 0 Å². The smallest absolute Gasteiger partial charge is 0.149 e. The number of carbonyl (C=O) groups excluding carboxylic acids is 1. The average Bonchev–Trinajstić information content (AvgIpc) is 2.35. The largest absolute Gasteiger partial charge is 0.497 e. The fourth-order valence-corrected chi connectivity index (χ4v) is 1.47. The molecular weight excluding hydrogens is 202 g/mol. The summed E-state index contributed by atoms with van der Waals surface area (Å²) in [7, 11) is 1.64. The Kier molecular flexibility index (Phi) is 4.99. The van der Waals surface area contributed by atoms with Crippen LogP contribution < -0.4 is 10.5 Å². The standard InChI is InChI=1S/C13H19NO2/c1-3-12(14)13(15)9-6-10-4-7-11(16-2)8-5-10/h4-5,7-8,12H,3,6,9,14H2,1-2H3. The molecule has 2 N–H and O–H groups in total. The number of methoxy groups -OCH3 is 1. The van der Waals surface area contributed by atoms with Crippen LogP contribution in [-0.2, 0) is 11.2 Å². The summed E-state index contributed by atoms with van der Waals surface area (Å²) < 4.78 is 5.06. The molecule has 0 amide bonds. The number of hydrogen-bond acceptors (Lipinski definition) is 3. The maximum absolute atomic E-state index is 11.5. The van der Waals surface area contributed by atoms with Crippen LogP contribution in [0.1, 0.15) is 25.3 Å². The lowest BCUT2D eigenvalue weighted by molar-refractivity contribution is -0.120. The first-order valence-corrected chi connectivity index (χ1v) is 5.58. The predicted octanol–water partition coefficient (Wildman–Crippen LogP) is 1.93. The summed E-state index contributed by atoms with van der Waals surface area (Å²) in [5, 5.41) is 0. The van der Waals surface area contributed by atoms with Gasteiger partial charge < -0.3 is 10.5 Å². The van der Waals surface area contributed by atoms with E-state index in [1.807, 2.05) is 31.2 Å². The van der Waals surface area contributed by atoms with Crippen molar-refractivity contribution < 1.29 is 9.53 Å². The van der Waals surface area contributed by atoms with Crippen LogP contribution in [0.5, 0.6) is 5.75 Å². The lowest BCUT2D eigenvalue weighted by atomic mass is 10.0. The van der Waals surface area contributed by atoms with Gasteiger partial charge in [-0.25, -0.2) is 0 Å². The number of ether oxygens (including phenoxy) is 1. The first kappa shape index (κ1) is 12.7. The van der Waals surface area contributed by atoms with Crippen LogP contribution in [0.25, 0.3) is 0 Å². The Balaban J connectivity index is 2.45. The monoisotopic (exact) mass is 221 g/mol. The van der Waals surface area contributed by atoms with Gasteiger partial charge in [-0.2, -0.15) is 0 Å². The highest BCUT2D eigenvalue weighted by molar-refractivity contribution is 5.83. The van der Waals surface area contributed by atoms with E-state index in [-0.39, 0.29) is 11.8 Å². The molecule has 0 heterocycles. The number of ketones is 1. The molecule has 0 aliphatic rings. The molecule has 0 aliphatic heterocycles. The van der Waals surface area contributed by atoms with Crippen molar-refractivity contribution >= 4 is 5.78 Å². The summed E-state index contributed by atoms with van der Waals surface area (Å²) in [4.78, 5) is 11.5. The van der Waals surface area contributed by atoms with E-state index in [2.05, 4.69) is 0 Å². The molecule has 1 rings (SSSR count). The molecule has 88 valence electrons. The zero-order valence-electron chi connectivity index (χ0n) is 9.90. The first-order valence-electron chi connectivity index (χ1n) is 5.58. The number of rotatable bonds is 6. The molecule has 3 heteroatoms. The van der Waals surface area contributed by atoms with E-state index in [0.717, 1.165) is 17.7 Å². The third-order valence-corrected chi connectivity index (χ3v) is 2.67. The molecule has 1 aromatic rings. The summed E-state index contributed by atoms with van der Waals surface area (Å²) in [5.41, 5.74) is 6.79. The number of carbonyl (C=O) groups is 1.